The Hall–Kier alpha value is 5.39. The molecule has 0 aromatic rings. The molecule has 0 spiro atoms. The van der Waals surface area contributed by atoms with E-state index in [1.165, 1.54) is 0 Å². The molecule has 0 fully saturated rings. The van der Waals surface area contributed by atoms with Crippen LogP contribution < -0.4 is 134 Å². The van der Waals surface area contributed by atoms with Crippen LogP contribution in [0.3, 0.4) is 0 Å². The fourth-order valence-electron chi connectivity index (χ4n) is 0. The van der Waals surface area contributed by atoms with E-state index >= 15 is 0 Å². The van der Waals surface area contributed by atoms with Crippen molar-refractivity contribution in [2.75, 3.05) is 14.1 Å². The summed E-state index contributed by atoms with van der Waals surface area (Å²) in [6.07, 6.45) is 0. The van der Waals surface area contributed by atoms with Crippen molar-refractivity contribution in [3.05, 3.63) is 0 Å². The normalized spacial score (nSPS) is 1.00. The molecule has 0 aliphatic heterocycles. The number of quaternary nitrogens is 2. The van der Waals surface area contributed by atoms with Gasteiger partial charge in [-0.25, -0.2) is 0 Å². The van der Waals surface area contributed by atoms with E-state index in [0.717, 1.165) is 0 Å². The number of rotatable bonds is 0. The predicted molar refractivity (Wildman–Crippen MR) is 29.1 cm³/mol. The first-order valence-corrected chi connectivity index (χ1v) is 1.41. The first-order valence-electron chi connectivity index (χ1n) is 1.41. The Kier molecular flexibility index (Phi) is 951. The molecule has 0 atom stereocenters. The molecule has 0 aliphatic rings. The number of halogens is 6. The molecule has 0 bridgehead atoms. The van der Waals surface area contributed by atoms with E-state index in [1.54, 1.807) is 14.1 Å². The Morgan fingerprint density at radius 2 is 0.500 bits per heavy atom. The molecular weight excluding hydrogens is 1090 g/mol. The largest absolute Gasteiger partial charge is 2.00 e. The van der Waals surface area contributed by atoms with Crippen LogP contribution in [0.4, 0.5) is 0 Å². The molecular formula is C2H12Br3I3N2Pb2. The van der Waals surface area contributed by atoms with E-state index in [0.29, 0.717) is 0 Å². The standard InChI is InChI=1S/2CH5N.3BrH.3HI.2Pb/c2*1-2;;;;;;;;/h2*2H2,1H3;6*1H;;/q;;;;;;;;2*+2/p-4. The second-order valence-corrected chi connectivity index (χ2v) is 0. The average molecular weight is 1100 g/mol. The monoisotopic (exact) mass is 1100 g/mol. The van der Waals surface area contributed by atoms with Crippen LogP contribution >= 0.6 is 0 Å². The van der Waals surface area contributed by atoms with E-state index in [4.69, 9.17) is 0 Å². The van der Waals surface area contributed by atoms with Gasteiger partial charge in [-0.05, 0) is 0 Å². The Balaban J connectivity index is -0.000000000500. The Morgan fingerprint density at radius 1 is 0.500 bits per heavy atom. The van der Waals surface area contributed by atoms with Crippen LogP contribution in [0.15, 0.2) is 0 Å². The molecule has 0 aliphatic carbocycles. The molecule has 0 aromatic carbocycles. The SMILES string of the molecule is C[NH3+].C[NH3+].[Br-].[Br-].[Br-].[I-].[I-].[I-].[Pb+2].[Pb+2]. The molecule has 10 heteroatoms. The van der Waals surface area contributed by atoms with Gasteiger partial charge in [0.25, 0.3) is 0 Å². The first-order chi connectivity index (χ1) is 2.00. The summed E-state index contributed by atoms with van der Waals surface area (Å²) in [5.41, 5.74) is 6.50. The summed E-state index contributed by atoms with van der Waals surface area (Å²) < 4.78 is 0. The third kappa shape index (κ3) is 110. The van der Waals surface area contributed by atoms with Gasteiger partial charge in [0.05, 0.1) is 14.1 Å². The maximum Gasteiger partial charge on any atom is 2.00 e. The zero-order valence-corrected chi connectivity index (χ0v) is 25.7. The zero-order valence-electron chi connectivity index (χ0n) is 6.68. The van der Waals surface area contributed by atoms with Gasteiger partial charge in [-0.2, -0.15) is 0 Å². The van der Waals surface area contributed by atoms with Crippen molar-refractivity contribution >= 4 is 54.6 Å². The van der Waals surface area contributed by atoms with Gasteiger partial charge in [0.1, 0.15) is 0 Å². The first kappa shape index (κ1) is 85.5. The summed E-state index contributed by atoms with van der Waals surface area (Å²) in [5.74, 6) is 0. The van der Waals surface area contributed by atoms with Crippen LogP contribution in [0.5, 0.6) is 0 Å². The third-order valence-electron chi connectivity index (χ3n) is 0. The quantitative estimate of drug-likeness (QED) is 0.179. The summed E-state index contributed by atoms with van der Waals surface area (Å²) in [4.78, 5) is 0. The van der Waals surface area contributed by atoms with E-state index in [9.17, 15) is 0 Å². The summed E-state index contributed by atoms with van der Waals surface area (Å²) in [6, 6.07) is 0. The van der Waals surface area contributed by atoms with Crippen LogP contribution in [0.1, 0.15) is 0 Å². The molecule has 0 heterocycles. The Bertz CT molecular complexity index is 27.5. The minimum atomic E-state index is 0. The van der Waals surface area contributed by atoms with Crippen molar-refractivity contribution < 1.29 is 134 Å². The van der Waals surface area contributed by atoms with Crippen molar-refractivity contribution in [3.8, 4) is 0 Å². The van der Waals surface area contributed by atoms with Gasteiger partial charge in [0, 0.05) is 0 Å². The smallest absolute Gasteiger partial charge is 1.00 e. The van der Waals surface area contributed by atoms with Gasteiger partial charge in [-0.3, -0.25) is 0 Å². The zero-order chi connectivity index (χ0) is 4.00. The van der Waals surface area contributed by atoms with Crippen molar-refractivity contribution in [3.63, 3.8) is 0 Å². The van der Waals surface area contributed by atoms with E-state index in [2.05, 4.69) is 11.5 Å². The van der Waals surface area contributed by atoms with Crippen molar-refractivity contribution in [2.45, 2.75) is 0 Å². The topological polar surface area (TPSA) is 55.3 Å². The molecule has 0 saturated heterocycles. The van der Waals surface area contributed by atoms with Crippen LogP contribution in [-0.2, 0) is 0 Å². The maximum absolute atomic E-state index is 3.25. The minimum absolute atomic E-state index is 0. The summed E-state index contributed by atoms with van der Waals surface area (Å²) in [7, 11) is 3.50. The molecule has 0 saturated carbocycles. The fourth-order valence-corrected chi connectivity index (χ4v) is 0. The second-order valence-electron chi connectivity index (χ2n) is 0. The van der Waals surface area contributed by atoms with Crippen molar-refractivity contribution in [1.82, 2.24) is 0 Å². The summed E-state index contributed by atoms with van der Waals surface area (Å²) in [6.45, 7) is 0. The molecule has 12 heavy (non-hydrogen) atoms. The van der Waals surface area contributed by atoms with E-state index in [-0.39, 0.29) is 177 Å². The Morgan fingerprint density at radius 3 is 0.500 bits per heavy atom. The fraction of sp³-hybridized carbons (Fsp3) is 1.00. The predicted octanol–water partition coefficient (Wildman–Crippen LogP) is -21.0. The van der Waals surface area contributed by atoms with Gasteiger partial charge < -0.3 is 134 Å². The molecule has 0 unspecified atom stereocenters. The van der Waals surface area contributed by atoms with Crippen LogP contribution in [0.2, 0.25) is 0 Å². The van der Waals surface area contributed by atoms with Gasteiger partial charge in [-0.15, -0.1) is 0 Å². The molecule has 4 radical (unpaired) electrons. The molecule has 6 N–H and O–H groups in total. The summed E-state index contributed by atoms with van der Waals surface area (Å²) >= 11 is 0. The number of hydrogen-bond acceptors (Lipinski definition) is 0. The molecule has 80 valence electrons. The second kappa shape index (κ2) is 134. The van der Waals surface area contributed by atoms with Crippen LogP contribution in [-0.4, -0.2) is 68.7 Å². The van der Waals surface area contributed by atoms with Crippen molar-refractivity contribution in [1.29, 1.82) is 0 Å². The van der Waals surface area contributed by atoms with Crippen LogP contribution in [0.25, 0.3) is 0 Å². The van der Waals surface area contributed by atoms with Gasteiger partial charge in [0.15, 0.2) is 0 Å². The third-order valence-corrected chi connectivity index (χ3v) is 0. The maximum atomic E-state index is 3.25. The Labute approximate surface area is 198 Å². The van der Waals surface area contributed by atoms with Crippen LogP contribution in [0, 0.1) is 0 Å². The number of hydrogen-bond donors (Lipinski definition) is 2. The molecule has 0 aromatic heterocycles. The molecule has 2 nitrogen and oxygen atoms in total. The molecule has 0 amide bonds. The van der Waals surface area contributed by atoms with Crippen molar-refractivity contribution in [2.24, 2.45) is 0 Å². The average Bonchev–Trinajstić information content (AvgIpc) is 1.50. The van der Waals surface area contributed by atoms with Gasteiger partial charge in [0.2, 0.25) is 0 Å². The van der Waals surface area contributed by atoms with Gasteiger partial charge in [-0.1, -0.05) is 0 Å². The molecule has 0 rings (SSSR count). The minimum Gasteiger partial charge on any atom is -1.00 e. The van der Waals surface area contributed by atoms with E-state index < -0.39 is 0 Å². The van der Waals surface area contributed by atoms with Gasteiger partial charge >= 0.3 is 54.6 Å². The summed E-state index contributed by atoms with van der Waals surface area (Å²) in [5, 5.41) is 0. The van der Waals surface area contributed by atoms with E-state index in [1.807, 2.05) is 0 Å².